The highest BCUT2D eigenvalue weighted by molar-refractivity contribution is 6.43. The first-order chi connectivity index (χ1) is 20.9. The normalized spacial score (nSPS) is 19.3. The SMILES string of the molecule is C1CCNC1.[B]C([B])(O)C([B])(O)Oc1ccccc1-c1ccc2c(n1)CN(C)CC21CCN(c2ccc(Cl)cc2C#N)CC1. The molecular weight excluding hydrogens is 570 g/mol. The van der Waals surface area contributed by atoms with Crippen molar-refractivity contribution in [2.75, 3.05) is 44.7 Å². The second kappa shape index (κ2) is 13.2. The summed E-state index contributed by atoms with van der Waals surface area (Å²) < 4.78 is 5.45. The fraction of sp³-hybridized carbons (Fsp3) is 0.438. The standard InChI is InChI=1S/C28H26B3ClN4O3.C4H9N/c1-35-16-23-21(26(17-35)10-12-36(13-11-26)24-9-6-19(32)14-18(24)15-33)7-8-22(34-23)20-4-2-3-5-25(20)39-28(31,38)27(29,30)37;1-2-4-5-3-1/h2-9,14,37-38H,10-13,16-17H2,1H3;5H,1-4H2. The zero-order chi connectivity index (χ0) is 31.5. The third-order valence-corrected chi connectivity index (χ3v) is 8.87. The van der Waals surface area contributed by atoms with E-state index in [1.807, 2.05) is 24.3 Å². The van der Waals surface area contributed by atoms with E-state index in [2.05, 4.69) is 34.3 Å². The van der Waals surface area contributed by atoms with Crippen molar-refractivity contribution in [3.05, 3.63) is 76.4 Å². The summed E-state index contributed by atoms with van der Waals surface area (Å²) in [6, 6.07) is 18.7. The number of rotatable bonds is 5. The number of ether oxygens (including phenoxy) is 1. The molecule has 6 rings (SSSR count). The monoisotopic (exact) mass is 605 g/mol. The highest BCUT2D eigenvalue weighted by atomic mass is 35.5. The number of fused-ring (bicyclic) bond motifs is 2. The van der Waals surface area contributed by atoms with Crippen LogP contribution < -0.4 is 15.0 Å². The molecule has 3 aromatic rings. The Morgan fingerprint density at radius 2 is 1.75 bits per heavy atom. The molecular formula is C32H35B3ClN5O3. The van der Waals surface area contributed by atoms with Gasteiger partial charge in [0.15, 0.2) is 13.5 Å². The number of nitrogens with one attached hydrogen (secondary N) is 1. The van der Waals surface area contributed by atoms with Crippen molar-refractivity contribution in [1.29, 1.82) is 5.26 Å². The number of aliphatic hydroxyl groups is 2. The van der Waals surface area contributed by atoms with Crippen molar-refractivity contribution in [3.63, 3.8) is 0 Å². The van der Waals surface area contributed by atoms with E-state index in [0.29, 0.717) is 28.4 Å². The summed E-state index contributed by atoms with van der Waals surface area (Å²) >= 11 is 6.11. The van der Waals surface area contributed by atoms with E-state index in [1.165, 1.54) is 31.5 Å². The average molecular weight is 606 g/mol. The van der Waals surface area contributed by atoms with Crippen LogP contribution in [0.2, 0.25) is 5.02 Å². The van der Waals surface area contributed by atoms with Crippen LogP contribution in [0.25, 0.3) is 11.3 Å². The maximum Gasteiger partial charge on any atom is 0.174 e. The number of likely N-dealkylation sites (N-methyl/N-ethyl adjacent to an activating group) is 1. The maximum atomic E-state index is 10.3. The minimum absolute atomic E-state index is 0.0767. The summed E-state index contributed by atoms with van der Waals surface area (Å²) in [6.45, 7) is 5.70. The summed E-state index contributed by atoms with van der Waals surface area (Å²) in [5.74, 6) is 0.174. The number of aromatic nitrogens is 1. The molecule has 2 fully saturated rings. The average Bonchev–Trinajstić information content (AvgIpc) is 3.57. The molecule has 6 radical (unpaired) electrons. The Bertz CT molecular complexity index is 1510. The highest BCUT2D eigenvalue weighted by Crippen LogP contribution is 2.43. The number of halogens is 1. The van der Waals surface area contributed by atoms with Gasteiger partial charge in [-0.25, -0.2) is 0 Å². The van der Waals surface area contributed by atoms with Crippen LogP contribution in [0.15, 0.2) is 54.6 Å². The van der Waals surface area contributed by atoms with Crippen LogP contribution in [-0.2, 0) is 12.0 Å². The quantitative estimate of drug-likeness (QED) is 0.302. The third-order valence-electron chi connectivity index (χ3n) is 8.64. The van der Waals surface area contributed by atoms with Gasteiger partial charge in [0.2, 0.25) is 0 Å². The lowest BCUT2D eigenvalue weighted by Crippen LogP contribution is -2.60. The van der Waals surface area contributed by atoms with Gasteiger partial charge >= 0.3 is 0 Å². The molecule has 3 N–H and O–H groups in total. The van der Waals surface area contributed by atoms with Crippen LogP contribution >= 0.6 is 11.6 Å². The maximum absolute atomic E-state index is 10.3. The minimum atomic E-state index is -2.73. The zero-order valence-corrected chi connectivity index (χ0v) is 25.7. The molecule has 2 aromatic carbocycles. The molecule has 222 valence electrons. The highest BCUT2D eigenvalue weighted by Gasteiger charge is 2.42. The van der Waals surface area contributed by atoms with Gasteiger partial charge in [0.25, 0.3) is 0 Å². The summed E-state index contributed by atoms with van der Waals surface area (Å²) in [6.07, 6.45) is 4.59. The lowest BCUT2D eigenvalue weighted by molar-refractivity contribution is -0.130. The van der Waals surface area contributed by atoms with Crippen molar-refractivity contribution in [2.45, 2.75) is 48.7 Å². The lowest BCUT2D eigenvalue weighted by atomic mass is 9.54. The molecule has 1 spiro atoms. The Morgan fingerprint density at radius 3 is 2.39 bits per heavy atom. The summed E-state index contributed by atoms with van der Waals surface area (Å²) in [5, 5.41) is 30.9. The van der Waals surface area contributed by atoms with Crippen LogP contribution in [-0.4, -0.2) is 94.5 Å². The van der Waals surface area contributed by atoms with Crippen molar-refractivity contribution in [1.82, 2.24) is 15.2 Å². The molecule has 8 nitrogen and oxygen atoms in total. The summed E-state index contributed by atoms with van der Waals surface area (Å²) in [4.78, 5) is 9.55. The fourth-order valence-corrected chi connectivity index (χ4v) is 6.46. The van der Waals surface area contributed by atoms with Gasteiger partial charge in [-0.3, -0.25) is 9.88 Å². The lowest BCUT2D eigenvalue weighted by Gasteiger charge is -2.48. The molecule has 3 aliphatic rings. The topological polar surface area (TPSA) is 105 Å². The van der Waals surface area contributed by atoms with Gasteiger partial charge in [0.05, 0.1) is 22.6 Å². The van der Waals surface area contributed by atoms with Crippen molar-refractivity contribution in [3.8, 4) is 23.1 Å². The van der Waals surface area contributed by atoms with Gasteiger partial charge < -0.3 is 25.2 Å². The summed E-state index contributed by atoms with van der Waals surface area (Å²) in [7, 11) is 18.5. The fourth-order valence-electron chi connectivity index (χ4n) is 6.29. The molecule has 4 heterocycles. The van der Waals surface area contributed by atoms with E-state index in [1.54, 1.807) is 24.3 Å². The number of pyridine rings is 1. The number of hydrogen-bond acceptors (Lipinski definition) is 8. The van der Waals surface area contributed by atoms with Crippen LogP contribution in [0.4, 0.5) is 5.69 Å². The van der Waals surface area contributed by atoms with Gasteiger partial charge in [0.1, 0.15) is 27.5 Å². The van der Waals surface area contributed by atoms with E-state index in [9.17, 15) is 15.5 Å². The molecule has 1 unspecified atom stereocenters. The van der Waals surface area contributed by atoms with E-state index in [-0.39, 0.29) is 11.2 Å². The Kier molecular flexibility index (Phi) is 9.69. The van der Waals surface area contributed by atoms with Crippen LogP contribution in [0, 0.1) is 11.3 Å². The number of nitrogens with zero attached hydrogens (tertiary/aromatic N) is 4. The number of anilines is 1. The summed E-state index contributed by atoms with van der Waals surface area (Å²) in [5.41, 5.74) is 2.06. The van der Waals surface area contributed by atoms with Crippen molar-refractivity contribution < 1.29 is 14.9 Å². The second-order valence-electron chi connectivity index (χ2n) is 12.0. The van der Waals surface area contributed by atoms with Gasteiger partial charge in [-0.15, -0.1) is 0 Å². The van der Waals surface area contributed by atoms with E-state index in [4.69, 9.17) is 44.9 Å². The third kappa shape index (κ3) is 6.95. The van der Waals surface area contributed by atoms with Gasteiger partial charge in [0, 0.05) is 47.6 Å². The molecule has 0 saturated carbocycles. The van der Waals surface area contributed by atoms with Crippen molar-refractivity contribution in [2.24, 2.45) is 0 Å². The number of nitriles is 1. The smallest absolute Gasteiger partial charge is 0.174 e. The molecule has 44 heavy (non-hydrogen) atoms. The van der Waals surface area contributed by atoms with Gasteiger partial charge in [-0.05, 0) is 87.8 Å². The first-order valence-corrected chi connectivity index (χ1v) is 15.2. The van der Waals surface area contributed by atoms with Crippen LogP contribution in [0.3, 0.4) is 0 Å². The number of benzene rings is 2. The molecule has 3 aliphatic heterocycles. The number of para-hydroxylation sites is 1. The largest absolute Gasteiger partial charge is 0.470 e. The Balaban J connectivity index is 0.000000698. The predicted octanol–water partition coefficient (Wildman–Crippen LogP) is 2.80. The molecule has 1 atom stereocenters. The predicted molar refractivity (Wildman–Crippen MR) is 175 cm³/mol. The van der Waals surface area contributed by atoms with Crippen LogP contribution in [0.5, 0.6) is 5.75 Å². The first kappa shape index (κ1) is 32.4. The van der Waals surface area contributed by atoms with Gasteiger partial charge in [-0.1, -0.05) is 29.8 Å². The molecule has 0 aliphatic carbocycles. The van der Waals surface area contributed by atoms with Crippen molar-refractivity contribution >= 4 is 40.8 Å². The minimum Gasteiger partial charge on any atom is -0.470 e. The zero-order valence-electron chi connectivity index (χ0n) is 25.0. The Hall–Kier alpha value is -3.00. The second-order valence-corrected chi connectivity index (χ2v) is 12.4. The van der Waals surface area contributed by atoms with E-state index >= 15 is 0 Å². The molecule has 12 heteroatoms. The molecule has 0 bridgehead atoms. The van der Waals surface area contributed by atoms with E-state index < -0.39 is 11.1 Å². The van der Waals surface area contributed by atoms with Gasteiger partial charge in [-0.2, -0.15) is 5.26 Å². The number of hydrogen-bond donors (Lipinski definition) is 3. The Morgan fingerprint density at radius 1 is 1.05 bits per heavy atom. The Labute approximate surface area is 268 Å². The van der Waals surface area contributed by atoms with Crippen LogP contribution in [0.1, 0.15) is 42.5 Å². The van der Waals surface area contributed by atoms with E-state index in [0.717, 1.165) is 43.9 Å². The first-order valence-electron chi connectivity index (χ1n) is 14.9. The molecule has 1 aromatic heterocycles. The number of piperidine rings is 1. The molecule has 2 saturated heterocycles. The molecule has 0 amide bonds.